The number of sulfonamides is 1. The molecule has 10 heteroatoms. The number of amides is 2. The van der Waals surface area contributed by atoms with Gasteiger partial charge >= 0.3 is 0 Å². The normalized spacial score (nSPS) is 12.2. The number of hydrogen-bond donors (Lipinski definition) is 1. The fraction of sp³-hybridized carbons (Fsp3) is 0.310. The van der Waals surface area contributed by atoms with E-state index in [1.54, 1.807) is 43.3 Å². The third-order valence-electron chi connectivity index (χ3n) is 6.10. The van der Waals surface area contributed by atoms with Crippen molar-refractivity contribution in [3.8, 4) is 0 Å². The van der Waals surface area contributed by atoms with Crippen LogP contribution < -0.4 is 9.62 Å². The SMILES string of the molecule is Cc1ccc(S(=O)(=O)N(CC(=O)N(Cc2cccc(Br)c2)[C@@H](C)C(=O)NCC(C)C)c2ccc(Cl)cc2)cc1. The summed E-state index contributed by atoms with van der Waals surface area (Å²) < 4.78 is 29.5. The van der Waals surface area contributed by atoms with Crippen molar-refractivity contribution in [2.75, 3.05) is 17.4 Å². The molecule has 1 N–H and O–H groups in total. The maximum atomic E-state index is 13.9. The van der Waals surface area contributed by atoms with Gasteiger partial charge in [-0.05, 0) is 73.9 Å². The van der Waals surface area contributed by atoms with Crippen LogP contribution in [0, 0.1) is 12.8 Å². The first-order valence-electron chi connectivity index (χ1n) is 12.5. The average Bonchev–Trinajstić information content (AvgIpc) is 2.89. The number of rotatable bonds is 11. The molecule has 1 atom stereocenters. The zero-order chi connectivity index (χ0) is 28.7. The fourth-order valence-corrected chi connectivity index (χ4v) is 5.83. The first-order chi connectivity index (χ1) is 18.4. The van der Waals surface area contributed by atoms with Gasteiger partial charge in [0.05, 0.1) is 10.6 Å². The number of halogens is 2. The van der Waals surface area contributed by atoms with E-state index in [1.165, 1.54) is 17.0 Å². The molecule has 3 rings (SSSR count). The molecule has 0 saturated heterocycles. The number of carbonyl (C=O) groups is 2. The number of benzene rings is 3. The van der Waals surface area contributed by atoms with Crippen molar-refractivity contribution in [1.82, 2.24) is 10.2 Å². The van der Waals surface area contributed by atoms with Crippen molar-refractivity contribution in [1.29, 1.82) is 0 Å². The van der Waals surface area contributed by atoms with Gasteiger partial charge in [0.1, 0.15) is 12.6 Å². The largest absolute Gasteiger partial charge is 0.354 e. The van der Waals surface area contributed by atoms with Gasteiger partial charge in [0, 0.05) is 22.6 Å². The molecule has 0 aromatic heterocycles. The molecule has 0 spiro atoms. The minimum Gasteiger partial charge on any atom is -0.354 e. The molecule has 208 valence electrons. The molecule has 0 aliphatic rings. The van der Waals surface area contributed by atoms with Crippen LogP contribution in [0.3, 0.4) is 0 Å². The monoisotopic (exact) mass is 633 g/mol. The maximum absolute atomic E-state index is 13.9. The van der Waals surface area contributed by atoms with Gasteiger partial charge in [-0.25, -0.2) is 8.42 Å². The molecule has 0 heterocycles. The highest BCUT2D eigenvalue weighted by molar-refractivity contribution is 9.10. The van der Waals surface area contributed by atoms with Gasteiger partial charge in [-0.3, -0.25) is 13.9 Å². The smallest absolute Gasteiger partial charge is 0.264 e. The molecule has 0 saturated carbocycles. The van der Waals surface area contributed by atoms with Crippen molar-refractivity contribution in [3.05, 3.63) is 93.4 Å². The van der Waals surface area contributed by atoms with Crippen LogP contribution in [-0.4, -0.2) is 44.3 Å². The van der Waals surface area contributed by atoms with E-state index >= 15 is 0 Å². The number of hydrogen-bond acceptors (Lipinski definition) is 4. The second-order valence-corrected chi connectivity index (χ2v) is 13.0. The first-order valence-corrected chi connectivity index (χ1v) is 15.2. The number of nitrogens with one attached hydrogen (secondary N) is 1. The van der Waals surface area contributed by atoms with E-state index in [0.717, 1.165) is 19.9 Å². The highest BCUT2D eigenvalue weighted by atomic mass is 79.9. The van der Waals surface area contributed by atoms with Crippen molar-refractivity contribution >= 4 is 55.1 Å². The molecular weight excluding hydrogens is 602 g/mol. The van der Waals surface area contributed by atoms with Crippen molar-refractivity contribution < 1.29 is 18.0 Å². The van der Waals surface area contributed by atoms with Gasteiger partial charge in [0.15, 0.2) is 0 Å². The molecule has 0 unspecified atom stereocenters. The van der Waals surface area contributed by atoms with Crippen LogP contribution in [0.1, 0.15) is 31.9 Å². The minimum absolute atomic E-state index is 0.0529. The summed E-state index contributed by atoms with van der Waals surface area (Å²) in [6, 6.07) is 19.3. The molecule has 0 fully saturated rings. The van der Waals surface area contributed by atoms with E-state index in [1.807, 2.05) is 45.0 Å². The second kappa shape index (κ2) is 13.5. The highest BCUT2D eigenvalue weighted by Crippen LogP contribution is 2.26. The van der Waals surface area contributed by atoms with Gasteiger partial charge in [0.2, 0.25) is 11.8 Å². The lowest BCUT2D eigenvalue weighted by molar-refractivity contribution is -0.139. The molecule has 0 radical (unpaired) electrons. The molecule has 0 bridgehead atoms. The van der Waals surface area contributed by atoms with E-state index in [0.29, 0.717) is 11.6 Å². The summed E-state index contributed by atoms with van der Waals surface area (Å²) in [6.07, 6.45) is 0. The number of nitrogens with zero attached hydrogens (tertiary/aromatic N) is 2. The lowest BCUT2D eigenvalue weighted by Crippen LogP contribution is -2.51. The van der Waals surface area contributed by atoms with Gasteiger partial charge in [-0.15, -0.1) is 0 Å². The Hall–Kier alpha value is -2.88. The van der Waals surface area contributed by atoms with Gasteiger partial charge in [0.25, 0.3) is 10.0 Å². The number of anilines is 1. The Morgan fingerprint density at radius 3 is 2.21 bits per heavy atom. The minimum atomic E-state index is -4.12. The zero-order valence-electron chi connectivity index (χ0n) is 22.4. The van der Waals surface area contributed by atoms with Crippen molar-refractivity contribution in [2.45, 2.75) is 45.2 Å². The van der Waals surface area contributed by atoms with Gasteiger partial charge in [-0.2, -0.15) is 0 Å². The fourth-order valence-electron chi connectivity index (χ4n) is 3.84. The highest BCUT2D eigenvalue weighted by Gasteiger charge is 2.32. The lowest BCUT2D eigenvalue weighted by atomic mass is 10.1. The molecular formula is C29H33BrClN3O4S. The van der Waals surface area contributed by atoms with Gasteiger partial charge < -0.3 is 10.2 Å². The van der Waals surface area contributed by atoms with Crippen LogP contribution in [0.15, 0.2) is 82.2 Å². The number of aryl methyl sites for hydroxylation is 1. The summed E-state index contributed by atoms with van der Waals surface area (Å²) in [5.74, 6) is -0.602. The molecule has 3 aromatic rings. The standard InChI is InChI=1S/C29H33BrClN3O4S/c1-20(2)17-32-29(36)22(4)33(18-23-6-5-7-24(30)16-23)28(35)19-34(26-12-10-25(31)11-13-26)39(37,38)27-14-8-21(3)9-15-27/h5-16,20,22H,17-19H2,1-4H3,(H,32,36)/t22-/m0/s1. The molecule has 3 aromatic carbocycles. The van der Waals surface area contributed by atoms with E-state index in [4.69, 9.17) is 11.6 Å². The average molecular weight is 635 g/mol. The predicted octanol–water partition coefficient (Wildman–Crippen LogP) is 5.80. The Balaban J connectivity index is 2.01. The third kappa shape index (κ3) is 8.30. The summed E-state index contributed by atoms with van der Waals surface area (Å²) in [4.78, 5) is 28.4. The number of carbonyl (C=O) groups excluding carboxylic acids is 2. The quantitative estimate of drug-likeness (QED) is 0.289. The topological polar surface area (TPSA) is 86.8 Å². The van der Waals surface area contributed by atoms with Crippen LogP contribution in [0.25, 0.3) is 0 Å². The van der Waals surface area contributed by atoms with Crippen molar-refractivity contribution in [3.63, 3.8) is 0 Å². The molecule has 39 heavy (non-hydrogen) atoms. The molecule has 0 aliphatic heterocycles. The summed E-state index contributed by atoms with van der Waals surface area (Å²) in [5.41, 5.74) is 1.98. The van der Waals surface area contributed by atoms with Crippen LogP contribution in [-0.2, 0) is 26.2 Å². The summed E-state index contributed by atoms with van der Waals surface area (Å²) in [6.45, 7) is 7.54. The lowest BCUT2D eigenvalue weighted by Gasteiger charge is -2.32. The van der Waals surface area contributed by atoms with E-state index < -0.39 is 28.5 Å². The Bertz CT molecular complexity index is 1400. The zero-order valence-corrected chi connectivity index (χ0v) is 25.6. The Morgan fingerprint density at radius 1 is 0.974 bits per heavy atom. The van der Waals surface area contributed by atoms with E-state index in [2.05, 4.69) is 21.2 Å². The molecule has 2 amide bonds. The predicted molar refractivity (Wildman–Crippen MR) is 159 cm³/mol. The summed E-state index contributed by atoms with van der Waals surface area (Å²) in [5, 5.41) is 3.31. The second-order valence-electron chi connectivity index (χ2n) is 9.77. The van der Waals surface area contributed by atoms with Gasteiger partial charge in [-0.1, -0.05) is 71.2 Å². The summed E-state index contributed by atoms with van der Waals surface area (Å²) in [7, 11) is -4.12. The van der Waals surface area contributed by atoms with E-state index in [9.17, 15) is 18.0 Å². The van der Waals surface area contributed by atoms with Crippen LogP contribution in [0.5, 0.6) is 0 Å². The Morgan fingerprint density at radius 2 is 1.62 bits per heavy atom. The molecule has 7 nitrogen and oxygen atoms in total. The van der Waals surface area contributed by atoms with E-state index in [-0.39, 0.29) is 29.0 Å². The van der Waals surface area contributed by atoms with Crippen LogP contribution in [0.2, 0.25) is 5.02 Å². The van der Waals surface area contributed by atoms with Crippen LogP contribution in [0.4, 0.5) is 5.69 Å². The van der Waals surface area contributed by atoms with Crippen LogP contribution >= 0.6 is 27.5 Å². The third-order valence-corrected chi connectivity index (χ3v) is 8.63. The van der Waals surface area contributed by atoms with Crippen molar-refractivity contribution in [2.24, 2.45) is 5.92 Å². The Labute approximate surface area is 244 Å². The summed E-state index contributed by atoms with van der Waals surface area (Å²) >= 11 is 9.51. The maximum Gasteiger partial charge on any atom is 0.264 e. The molecule has 0 aliphatic carbocycles. The first kappa shape index (κ1) is 30.7. The Kier molecular flexibility index (Phi) is 10.6.